The fraction of sp³-hybridized carbons (Fsp3) is 0.769. The lowest BCUT2D eigenvalue weighted by Crippen LogP contribution is -2.55. The monoisotopic (exact) mass is 315 g/mol. The maximum absolute atomic E-state index is 12.5. The molecule has 1 saturated heterocycles. The summed E-state index contributed by atoms with van der Waals surface area (Å²) in [6, 6.07) is -0.344. The average Bonchev–Trinajstić information content (AvgIpc) is 3.11. The maximum Gasteiger partial charge on any atom is 0.244 e. The Labute approximate surface area is 124 Å². The average molecular weight is 315 g/mol. The van der Waals surface area contributed by atoms with E-state index in [1.54, 1.807) is 4.68 Å². The fourth-order valence-electron chi connectivity index (χ4n) is 2.99. The Morgan fingerprint density at radius 1 is 1.43 bits per heavy atom. The molecule has 1 aromatic rings. The van der Waals surface area contributed by atoms with E-state index in [4.69, 9.17) is 9.47 Å². The first-order valence-corrected chi connectivity index (χ1v) is 8.87. The number of hydrogen-bond acceptors (Lipinski definition) is 5. The highest BCUT2D eigenvalue weighted by atomic mass is 32.2. The lowest BCUT2D eigenvalue weighted by molar-refractivity contribution is -0.191. The van der Waals surface area contributed by atoms with E-state index in [9.17, 15) is 8.42 Å². The van der Waals surface area contributed by atoms with E-state index < -0.39 is 15.8 Å². The van der Waals surface area contributed by atoms with Crippen molar-refractivity contribution < 1.29 is 17.9 Å². The van der Waals surface area contributed by atoms with Gasteiger partial charge in [-0.1, -0.05) is 6.42 Å². The highest BCUT2D eigenvalue weighted by Gasteiger charge is 2.47. The molecular weight excluding hydrogens is 294 g/mol. The zero-order valence-electron chi connectivity index (χ0n) is 12.1. The molecule has 2 fully saturated rings. The number of sulfonamides is 1. The standard InChI is InChI=1S/C13H21N3O4S/c1-2-16-10-11(9-14-16)21(17,18)15-12-5-3-4-6-13(12)19-7-8-20-13/h9-10,12,15H,2-8H2,1H3. The van der Waals surface area contributed by atoms with Crippen LogP contribution in [-0.4, -0.2) is 43.2 Å². The Balaban J connectivity index is 1.80. The van der Waals surface area contributed by atoms with Crippen molar-refractivity contribution in [2.75, 3.05) is 13.2 Å². The molecule has 3 rings (SSSR count). The van der Waals surface area contributed by atoms with Crippen molar-refractivity contribution in [3.05, 3.63) is 12.4 Å². The van der Waals surface area contributed by atoms with Gasteiger partial charge >= 0.3 is 0 Å². The third kappa shape index (κ3) is 2.85. The van der Waals surface area contributed by atoms with Crippen LogP contribution in [-0.2, 0) is 26.0 Å². The minimum atomic E-state index is -3.61. The lowest BCUT2D eigenvalue weighted by Gasteiger charge is -2.39. The molecule has 118 valence electrons. The van der Waals surface area contributed by atoms with Crippen molar-refractivity contribution in [3.63, 3.8) is 0 Å². The van der Waals surface area contributed by atoms with E-state index in [0.29, 0.717) is 19.8 Å². The summed E-state index contributed by atoms with van der Waals surface area (Å²) in [5, 5.41) is 4.02. The highest BCUT2D eigenvalue weighted by molar-refractivity contribution is 7.89. The van der Waals surface area contributed by atoms with E-state index in [1.807, 2.05) is 6.92 Å². The second-order valence-electron chi connectivity index (χ2n) is 5.46. The first-order chi connectivity index (χ1) is 10.1. The van der Waals surface area contributed by atoms with Crippen molar-refractivity contribution in [1.82, 2.24) is 14.5 Å². The Morgan fingerprint density at radius 2 is 2.19 bits per heavy atom. The molecule has 7 nitrogen and oxygen atoms in total. The van der Waals surface area contributed by atoms with Crippen LogP contribution >= 0.6 is 0 Å². The molecule has 1 N–H and O–H groups in total. The molecule has 1 saturated carbocycles. The fourth-order valence-corrected chi connectivity index (χ4v) is 4.24. The molecule has 0 radical (unpaired) electrons. The first-order valence-electron chi connectivity index (χ1n) is 7.38. The second-order valence-corrected chi connectivity index (χ2v) is 7.17. The van der Waals surface area contributed by atoms with E-state index in [-0.39, 0.29) is 10.9 Å². The summed E-state index contributed by atoms with van der Waals surface area (Å²) in [7, 11) is -3.61. The number of ether oxygens (including phenoxy) is 2. The molecule has 21 heavy (non-hydrogen) atoms. The highest BCUT2D eigenvalue weighted by Crippen LogP contribution is 2.36. The van der Waals surface area contributed by atoms with Crippen LogP contribution in [0.2, 0.25) is 0 Å². The van der Waals surface area contributed by atoms with Crippen LogP contribution < -0.4 is 4.72 Å². The largest absolute Gasteiger partial charge is 0.346 e. The number of nitrogens with zero attached hydrogens (tertiary/aromatic N) is 2. The van der Waals surface area contributed by atoms with Gasteiger partial charge in [-0.2, -0.15) is 5.10 Å². The van der Waals surface area contributed by atoms with E-state index in [1.165, 1.54) is 12.4 Å². The zero-order chi connectivity index (χ0) is 14.9. The third-order valence-electron chi connectivity index (χ3n) is 4.12. The predicted molar refractivity (Wildman–Crippen MR) is 75.1 cm³/mol. The Bertz CT molecular complexity index is 592. The number of aromatic nitrogens is 2. The van der Waals surface area contributed by atoms with E-state index >= 15 is 0 Å². The number of nitrogens with one attached hydrogen (secondary N) is 1. The van der Waals surface area contributed by atoms with Crippen LogP contribution in [0.1, 0.15) is 32.6 Å². The quantitative estimate of drug-likeness (QED) is 0.891. The minimum Gasteiger partial charge on any atom is -0.346 e. The van der Waals surface area contributed by atoms with Crippen molar-refractivity contribution in [2.24, 2.45) is 0 Å². The van der Waals surface area contributed by atoms with Gasteiger partial charge in [0.25, 0.3) is 0 Å². The summed E-state index contributed by atoms with van der Waals surface area (Å²) >= 11 is 0. The van der Waals surface area contributed by atoms with Crippen molar-refractivity contribution in [2.45, 2.75) is 55.9 Å². The zero-order valence-corrected chi connectivity index (χ0v) is 12.9. The predicted octanol–water partition coefficient (Wildman–Crippen LogP) is 0.867. The lowest BCUT2D eigenvalue weighted by atomic mass is 9.90. The minimum absolute atomic E-state index is 0.183. The van der Waals surface area contributed by atoms with Crippen LogP contribution in [0.15, 0.2) is 17.3 Å². The summed E-state index contributed by atoms with van der Waals surface area (Å²) in [4.78, 5) is 0.183. The van der Waals surface area contributed by atoms with Crippen LogP contribution in [0.5, 0.6) is 0 Å². The topological polar surface area (TPSA) is 82.5 Å². The second kappa shape index (κ2) is 5.68. The van der Waals surface area contributed by atoms with Gasteiger partial charge in [0.15, 0.2) is 5.79 Å². The van der Waals surface area contributed by atoms with Gasteiger partial charge in [-0.25, -0.2) is 13.1 Å². The molecule has 2 aliphatic rings. The van der Waals surface area contributed by atoms with E-state index in [0.717, 1.165) is 25.7 Å². The van der Waals surface area contributed by atoms with Gasteiger partial charge in [-0.3, -0.25) is 4.68 Å². The van der Waals surface area contributed by atoms with Crippen molar-refractivity contribution >= 4 is 10.0 Å². The summed E-state index contributed by atoms with van der Waals surface area (Å²) in [5.74, 6) is -0.786. The summed E-state index contributed by atoms with van der Waals surface area (Å²) in [5.41, 5.74) is 0. The maximum atomic E-state index is 12.5. The Hall–Kier alpha value is -0.960. The summed E-state index contributed by atoms with van der Waals surface area (Å²) in [6.07, 6.45) is 6.32. The van der Waals surface area contributed by atoms with Gasteiger partial charge in [-0.05, 0) is 19.8 Å². The smallest absolute Gasteiger partial charge is 0.244 e. The molecule has 2 heterocycles. The van der Waals surface area contributed by atoms with Gasteiger partial charge in [0.05, 0.1) is 25.5 Å². The van der Waals surface area contributed by atoms with E-state index in [2.05, 4.69) is 9.82 Å². The Kier molecular flexibility index (Phi) is 4.04. The molecule has 0 aromatic carbocycles. The molecule has 1 unspecified atom stereocenters. The number of hydrogen-bond donors (Lipinski definition) is 1. The summed E-state index contributed by atoms with van der Waals surface area (Å²) < 4.78 is 40.8. The summed E-state index contributed by atoms with van der Waals surface area (Å²) in [6.45, 7) is 3.58. The normalized spacial score (nSPS) is 25.5. The molecule has 1 aliphatic carbocycles. The molecule has 8 heteroatoms. The van der Waals surface area contributed by atoms with Crippen LogP contribution in [0, 0.1) is 0 Å². The molecule has 1 aromatic heterocycles. The molecular formula is C13H21N3O4S. The van der Waals surface area contributed by atoms with Gasteiger partial charge in [0, 0.05) is 19.2 Å². The van der Waals surface area contributed by atoms with Gasteiger partial charge in [0.2, 0.25) is 10.0 Å². The first kappa shape index (κ1) is 15.0. The van der Waals surface area contributed by atoms with Crippen LogP contribution in [0.3, 0.4) is 0 Å². The van der Waals surface area contributed by atoms with Crippen molar-refractivity contribution in [3.8, 4) is 0 Å². The molecule has 1 spiro atoms. The molecule has 1 aliphatic heterocycles. The van der Waals surface area contributed by atoms with Gasteiger partial charge in [-0.15, -0.1) is 0 Å². The van der Waals surface area contributed by atoms with Gasteiger partial charge < -0.3 is 9.47 Å². The third-order valence-corrected chi connectivity index (χ3v) is 5.54. The molecule has 0 amide bonds. The Morgan fingerprint density at radius 3 is 2.86 bits per heavy atom. The number of aryl methyl sites for hydroxylation is 1. The SMILES string of the molecule is CCn1cc(S(=O)(=O)NC2CCCCC23OCCO3)cn1. The number of rotatable bonds is 4. The van der Waals surface area contributed by atoms with Crippen LogP contribution in [0.25, 0.3) is 0 Å². The van der Waals surface area contributed by atoms with Gasteiger partial charge in [0.1, 0.15) is 4.90 Å². The molecule has 0 bridgehead atoms. The van der Waals surface area contributed by atoms with Crippen molar-refractivity contribution in [1.29, 1.82) is 0 Å². The molecule has 1 atom stereocenters. The van der Waals surface area contributed by atoms with Crippen LogP contribution in [0.4, 0.5) is 0 Å².